The number of carbonyl (C=O) groups is 2. The Morgan fingerprint density at radius 3 is 2.27 bits per heavy atom. The lowest BCUT2D eigenvalue weighted by molar-refractivity contribution is -0.135. The van der Waals surface area contributed by atoms with Crippen LogP contribution in [0.5, 0.6) is 0 Å². The largest absolute Gasteiger partial charge is 0.502 e. The number of rotatable bonds is 5. The van der Waals surface area contributed by atoms with Crippen LogP contribution in [-0.4, -0.2) is 30.4 Å². The van der Waals surface area contributed by atoms with Crippen LogP contribution in [0.2, 0.25) is 0 Å². The van der Waals surface area contributed by atoms with Gasteiger partial charge in [0.05, 0.1) is 10.5 Å². The molecule has 22 heavy (non-hydrogen) atoms. The second-order valence-corrected chi connectivity index (χ2v) is 6.08. The molecule has 2 rings (SSSR count). The zero-order valence-electron chi connectivity index (χ0n) is 11.0. The van der Waals surface area contributed by atoms with Crippen LogP contribution in [-0.2, 0) is 14.6 Å². The van der Waals surface area contributed by atoms with Crippen LogP contribution in [0.3, 0.4) is 0 Å². The summed E-state index contributed by atoms with van der Waals surface area (Å²) >= 11 is 0. The van der Waals surface area contributed by atoms with E-state index in [2.05, 4.69) is 0 Å². The second-order valence-electron chi connectivity index (χ2n) is 4.17. The van der Waals surface area contributed by atoms with Crippen LogP contribution in [0.1, 0.15) is 10.4 Å². The van der Waals surface area contributed by atoms with E-state index >= 15 is 0 Å². The Labute approximate surface area is 125 Å². The van der Waals surface area contributed by atoms with Crippen molar-refractivity contribution in [2.45, 2.75) is 9.79 Å². The maximum Gasteiger partial charge on any atom is 0.371 e. The number of aliphatic hydroxyl groups is 1. The maximum atomic E-state index is 12.4. The van der Waals surface area contributed by atoms with E-state index in [1.54, 1.807) is 6.07 Å². The third-order valence-electron chi connectivity index (χ3n) is 2.72. The quantitative estimate of drug-likeness (QED) is 0.489. The lowest BCUT2D eigenvalue weighted by Gasteiger charge is -2.03. The Hall–Kier alpha value is -2.87. The van der Waals surface area contributed by atoms with E-state index in [1.165, 1.54) is 24.3 Å². The van der Waals surface area contributed by atoms with Gasteiger partial charge in [0.2, 0.25) is 15.6 Å². The molecule has 0 spiro atoms. The molecule has 0 amide bonds. The molecule has 2 N–H and O–H groups in total. The van der Waals surface area contributed by atoms with Gasteiger partial charge < -0.3 is 14.6 Å². The Balaban J connectivity index is 2.49. The van der Waals surface area contributed by atoms with Crippen LogP contribution < -0.4 is 0 Å². The number of aliphatic carboxylic acids is 1. The number of furan rings is 1. The minimum absolute atomic E-state index is 0.0445. The maximum absolute atomic E-state index is 12.4. The molecule has 0 aliphatic carbocycles. The van der Waals surface area contributed by atoms with Gasteiger partial charge in [-0.3, -0.25) is 4.79 Å². The van der Waals surface area contributed by atoms with E-state index in [9.17, 15) is 18.0 Å². The smallest absolute Gasteiger partial charge is 0.371 e. The number of carboxylic acid groups (broad SMARTS) is 1. The second kappa shape index (κ2) is 5.86. The molecule has 2 aromatic rings. The normalized spacial score (nSPS) is 12.1. The summed E-state index contributed by atoms with van der Waals surface area (Å²) in [5.74, 6) is -3.90. The van der Waals surface area contributed by atoms with Crippen molar-refractivity contribution < 1.29 is 32.6 Å². The first-order valence-corrected chi connectivity index (χ1v) is 7.37. The lowest BCUT2D eigenvalue weighted by atomic mass is 10.2. The predicted octanol–water partition coefficient (Wildman–Crippen LogP) is 1.82. The standard InChI is InChI=1S/C14H10O7S/c15-11(6-12(16)14(17)18)10-7-21-8-13(10)22(19,20)9-4-2-1-3-5-9/h1-8,16H,(H,17,18)/b12-6-. The van der Waals surface area contributed by atoms with Crippen LogP contribution in [0.4, 0.5) is 0 Å². The molecule has 1 aromatic carbocycles. The van der Waals surface area contributed by atoms with E-state index in [4.69, 9.17) is 14.6 Å². The summed E-state index contributed by atoms with van der Waals surface area (Å²) in [5, 5.41) is 17.6. The highest BCUT2D eigenvalue weighted by atomic mass is 32.2. The van der Waals surface area contributed by atoms with E-state index in [0.29, 0.717) is 6.08 Å². The highest BCUT2D eigenvalue weighted by molar-refractivity contribution is 7.91. The number of aliphatic hydroxyl groups excluding tert-OH is 1. The molecule has 0 saturated heterocycles. The van der Waals surface area contributed by atoms with Gasteiger partial charge in [0.15, 0.2) is 5.78 Å². The summed E-state index contributed by atoms with van der Waals surface area (Å²) in [6.07, 6.45) is 2.17. The first-order valence-electron chi connectivity index (χ1n) is 5.88. The molecule has 0 saturated carbocycles. The van der Waals surface area contributed by atoms with E-state index in [0.717, 1.165) is 12.5 Å². The van der Waals surface area contributed by atoms with Crippen molar-refractivity contribution in [2.24, 2.45) is 0 Å². The van der Waals surface area contributed by atoms with Crippen molar-refractivity contribution in [1.29, 1.82) is 0 Å². The Bertz CT molecular complexity index is 844. The van der Waals surface area contributed by atoms with Gasteiger partial charge in [-0.25, -0.2) is 13.2 Å². The molecular formula is C14H10O7S. The minimum Gasteiger partial charge on any atom is -0.502 e. The van der Waals surface area contributed by atoms with Gasteiger partial charge in [-0.15, -0.1) is 0 Å². The number of carbonyl (C=O) groups excluding carboxylic acids is 1. The van der Waals surface area contributed by atoms with Gasteiger partial charge in [0.1, 0.15) is 17.4 Å². The van der Waals surface area contributed by atoms with Crippen molar-refractivity contribution in [2.75, 3.05) is 0 Å². The van der Waals surface area contributed by atoms with Gasteiger partial charge in [0.25, 0.3) is 0 Å². The molecule has 0 aliphatic heterocycles. The Morgan fingerprint density at radius 1 is 1.05 bits per heavy atom. The number of ketones is 1. The number of allylic oxidation sites excluding steroid dienone is 1. The molecule has 114 valence electrons. The van der Waals surface area contributed by atoms with Crippen molar-refractivity contribution in [1.82, 2.24) is 0 Å². The third-order valence-corrected chi connectivity index (χ3v) is 4.51. The first kappa shape index (κ1) is 15.5. The molecule has 0 radical (unpaired) electrons. The van der Waals surface area contributed by atoms with Crippen LogP contribution in [0, 0.1) is 0 Å². The SMILES string of the molecule is O=C(O)/C(O)=C/C(=O)c1cocc1S(=O)(=O)c1ccccc1. The third kappa shape index (κ3) is 2.91. The van der Waals surface area contributed by atoms with Crippen LogP contribution in [0.15, 0.2) is 68.9 Å². The van der Waals surface area contributed by atoms with Crippen LogP contribution in [0.25, 0.3) is 0 Å². The minimum atomic E-state index is -4.00. The molecule has 1 heterocycles. The molecule has 0 fully saturated rings. The Morgan fingerprint density at radius 2 is 1.68 bits per heavy atom. The summed E-state index contributed by atoms with van der Waals surface area (Å²) in [6, 6.07) is 7.37. The summed E-state index contributed by atoms with van der Waals surface area (Å²) in [6.45, 7) is 0. The summed E-state index contributed by atoms with van der Waals surface area (Å²) in [7, 11) is -4.00. The van der Waals surface area contributed by atoms with E-state index in [-0.39, 0.29) is 10.5 Å². The van der Waals surface area contributed by atoms with Gasteiger partial charge in [-0.1, -0.05) is 18.2 Å². The monoisotopic (exact) mass is 322 g/mol. The van der Waals surface area contributed by atoms with Crippen LogP contribution >= 0.6 is 0 Å². The van der Waals surface area contributed by atoms with E-state index < -0.39 is 32.2 Å². The topological polar surface area (TPSA) is 122 Å². The average Bonchev–Trinajstić information content (AvgIpc) is 2.98. The molecule has 0 atom stereocenters. The first-order chi connectivity index (χ1) is 10.3. The molecule has 0 bridgehead atoms. The molecule has 0 unspecified atom stereocenters. The highest BCUT2D eigenvalue weighted by Gasteiger charge is 2.26. The molecular weight excluding hydrogens is 312 g/mol. The van der Waals surface area contributed by atoms with Gasteiger partial charge in [0, 0.05) is 6.08 Å². The number of carboxylic acids is 1. The number of hydrogen-bond acceptors (Lipinski definition) is 6. The average molecular weight is 322 g/mol. The summed E-state index contributed by atoms with van der Waals surface area (Å²) < 4.78 is 29.6. The van der Waals surface area contributed by atoms with Crippen molar-refractivity contribution in [3.8, 4) is 0 Å². The zero-order valence-corrected chi connectivity index (χ0v) is 11.8. The van der Waals surface area contributed by atoms with Gasteiger partial charge in [-0.05, 0) is 12.1 Å². The fourth-order valence-electron chi connectivity index (χ4n) is 1.66. The molecule has 8 heteroatoms. The molecule has 0 aliphatic rings. The van der Waals surface area contributed by atoms with Crippen molar-refractivity contribution >= 4 is 21.6 Å². The number of benzene rings is 1. The van der Waals surface area contributed by atoms with Gasteiger partial charge in [-0.2, -0.15) is 0 Å². The molecule has 7 nitrogen and oxygen atoms in total. The lowest BCUT2D eigenvalue weighted by Crippen LogP contribution is -2.08. The van der Waals surface area contributed by atoms with Crippen molar-refractivity contribution in [3.05, 3.63) is 60.3 Å². The fraction of sp³-hybridized carbons (Fsp3) is 0. The highest BCUT2D eigenvalue weighted by Crippen LogP contribution is 2.25. The van der Waals surface area contributed by atoms with E-state index in [1.807, 2.05) is 0 Å². The van der Waals surface area contributed by atoms with Crippen molar-refractivity contribution in [3.63, 3.8) is 0 Å². The molecule has 1 aromatic heterocycles. The Kier molecular flexibility index (Phi) is 4.13. The number of hydrogen-bond donors (Lipinski definition) is 2. The number of sulfone groups is 1. The zero-order chi connectivity index (χ0) is 16.3. The summed E-state index contributed by atoms with van der Waals surface area (Å²) in [5.41, 5.74) is -0.364. The fourth-order valence-corrected chi connectivity index (χ4v) is 3.05. The van der Waals surface area contributed by atoms with Gasteiger partial charge >= 0.3 is 5.97 Å². The predicted molar refractivity (Wildman–Crippen MR) is 73.3 cm³/mol. The summed E-state index contributed by atoms with van der Waals surface area (Å²) in [4.78, 5) is 21.9.